The van der Waals surface area contributed by atoms with Gasteiger partial charge in [0.2, 0.25) is 15.9 Å². The van der Waals surface area contributed by atoms with Crippen LogP contribution in [0.5, 0.6) is 0 Å². The van der Waals surface area contributed by atoms with Gasteiger partial charge in [-0.3, -0.25) is 4.79 Å². The van der Waals surface area contributed by atoms with Crippen molar-refractivity contribution in [3.05, 3.63) is 95.9 Å². The summed E-state index contributed by atoms with van der Waals surface area (Å²) in [6.07, 6.45) is 1.77. The molecular formula is C21H22N2O4S. The van der Waals surface area contributed by atoms with E-state index in [4.69, 9.17) is 4.42 Å². The molecule has 1 amide bonds. The summed E-state index contributed by atoms with van der Waals surface area (Å²) in [6, 6.07) is 20.7. The molecule has 3 aromatic rings. The van der Waals surface area contributed by atoms with Crippen molar-refractivity contribution < 1.29 is 17.6 Å². The predicted octanol–water partition coefficient (Wildman–Crippen LogP) is 2.63. The van der Waals surface area contributed by atoms with Gasteiger partial charge in [0.1, 0.15) is 11.8 Å². The Bertz CT molecular complexity index is 972. The first-order valence-corrected chi connectivity index (χ1v) is 10.5. The molecule has 7 heteroatoms. The molecule has 3 rings (SSSR count). The van der Waals surface area contributed by atoms with Gasteiger partial charge < -0.3 is 9.73 Å². The molecule has 0 unspecified atom stereocenters. The predicted molar refractivity (Wildman–Crippen MR) is 107 cm³/mol. The third kappa shape index (κ3) is 6.07. The lowest BCUT2D eigenvalue weighted by atomic mass is 10.1. The van der Waals surface area contributed by atoms with Crippen LogP contribution in [0.3, 0.4) is 0 Å². The zero-order valence-electron chi connectivity index (χ0n) is 15.2. The maximum atomic E-state index is 12.7. The van der Waals surface area contributed by atoms with Crippen LogP contribution in [-0.2, 0) is 33.5 Å². The first-order chi connectivity index (χ1) is 13.5. The molecule has 0 saturated heterocycles. The molecule has 0 fully saturated rings. The fourth-order valence-corrected chi connectivity index (χ4v) is 4.14. The Hall–Kier alpha value is -2.90. The molecule has 0 aliphatic heterocycles. The molecule has 28 heavy (non-hydrogen) atoms. The van der Waals surface area contributed by atoms with E-state index in [1.54, 1.807) is 36.4 Å². The average Bonchev–Trinajstić information content (AvgIpc) is 3.20. The van der Waals surface area contributed by atoms with Crippen molar-refractivity contribution in [1.82, 2.24) is 10.0 Å². The highest BCUT2D eigenvalue weighted by Gasteiger charge is 2.25. The van der Waals surface area contributed by atoms with Gasteiger partial charge in [0.25, 0.3) is 0 Å². The van der Waals surface area contributed by atoms with Gasteiger partial charge in [-0.25, -0.2) is 13.1 Å². The minimum Gasteiger partial charge on any atom is -0.467 e. The van der Waals surface area contributed by atoms with Crippen molar-refractivity contribution in [1.29, 1.82) is 0 Å². The van der Waals surface area contributed by atoms with Gasteiger partial charge in [-0.15, -0.1) is 0 Å². The molecule has 1 atom stereocenters. The zero-order valence-corrected chi connectivity index (χ0v) is 16.1. The van der Waals surface area contributed by atoms with Gasteiger partial charge in [-0.2, -0.15) is 0 Å². The van der Waals surface area contributed by atoms with Gasteiger partial charge in [-0.05, 0) is 29.7 Å². The number of sulfonamides is 1. The minimum absolute atomic E-state index is 0.190. The summed E-state index contributed by atoms with van der Waals surface area (Å²) in [5.41, 5.74) is 1.52. The molecule has 0 radical (unpaired) electrons. The van der Waals surface area contributed by atoms with E-state index in [-0.39, 0.29) is 18.7 Å². The molecule has 0 aliphatic rings. The highest BCUT2D eigenvalue weighted by molar-refractivity contribution is 7.88. The normalized spacial score (nSPS) is 12.4. The minimum atomic E-state index is -3.71. The number of benzene rings is 2. The standard InChI is InChI=1S/C21H22N2O4S/c24-21(22-15-19-12-7-13-27-19)20(14-17-8-3-1-4-9-17)23-28(25,26)16-18-10-5-2-6-11-18/h1-13,20,23H,14-16H2,(H,22,24)/t20-/m0/s1. The van der Waals surface area contributed by atoms with Crippen LogP contribution in [0.1, 0.15) is 16.9 Å². The molecule has 1 aromatic heterocycles. The Kier molecular flexibility index (Phi) is 6.62. The molecule has 0 aliphatic carbocycles. The second-order valence-corrected chi connectivity index (χ2v) is 8.16. The third-order valence-corrected chi connectivity index (χ3v) is 5.49. The van der Waals surface area contributed by atoms with Gasteiger partial charge in [-0.1, -0.05) is 60.7 Å². The highest BCUT2D eigenvalue weighted by atomic mass is 32.2. The van der Waals surface area contributed by atoms with Crippen molar-refractivity contribution in [3.63, 3.8) is 0 Å². The topological polar surface area (TPSA) is 88.4 Å². The number of carbonyl (C=O) groups excluding carboxylic acids is 1. The fourth-order valence-electron chi connectivity index (χ4n) is 2.80. The maximum absolute atomic E-state index is 12.7. The molecule has 0 saturated carbocycles. The summed E-state index contributed by atoms with van der Waals surface area (Å²) in [4.78, 5) is 12.7. The molecule has 0 bridgehead atoms. The third-order valence-electron chi connectivity index (χ3n) is 4.14. The SMILES string of the molecule is O=C(NCc1ccco1)[C@H](Cc1ccccc1)NS(=O)(=O)Cc1ccccc1. The lowest BCUT2D eigenvalue weighted by Gasteiger charge is -2.18. The van der Waals surface area contributed by atoms with E-state index in [0.717, 1.165) is 5.56 Å². The van der Waals surface area contributed by atoms with E-state index in [1.165, 1.54) is 6.26 Å². The lowest BCUT2D eigenvalue weighted by molar-refractivity contribution is -0.122. The largest absolute Gasteiger partial charge is 0.467 e. The van der Waals surface area contributed by atoms with Crippen molar-refractivity contribution in [2.24, 2.45) is 0 Å². The maximum Gasteiger partial charge on any atom is 0.238 e. The Balaban J connectivity index is 1.71. The molecule has 1 heterocycles. The first kappa shape index (κ1) is 19.9. The van der Waals surface area contributed by atoms with Gasteiger partial charge in [0.05, 0.1) is 18.6 Å². The van der Waals surface area contributed by atoms with Crippen molar-refractivity contribution in [2.45, 2.75) is 24.8 Å². The monoisotopic (exact) mass is 398 g/mol. The Morgan fingerprint density at radius 1 is 0.893 bits per heavy atom. The van der Waals surface area contributed by atoms with Gasteiger partial charge >= 0.3 is 0 Å². The Labute approximate surface area is 164 Å². The number of rotatable bonds is 9. The lowest BCUT2D eigenvalue weighted by Crippen LogP contribution is -2.48. The molecule has 2 aromatic carbocycles. The number of amides is 1. The average molecular weight is 398 g/mol. The van der Waals surface area contributed by atoms with Crippen LogP contribution >= 0.6 is 0 Å². The molecule has 6 nitrogen and oxygen atoms in total. The molecule has 2 N–H and O–H groups in total. The first-order valence-electron chi connectivity index (χ1n) is 8.90. The van der Waals surface area contributed by atoms with Crippen LogP contribution in [0.15, 0.2) is 83.5 Å². The summed E-state index contributed by atoms with van der Waals surface area (Å²) in [5.74, 6) is 0.000709. The van der Waals surface area contributed by atoms with Gasteiger partial charge in [0.15, 0.2) is 0 Å². The second-order valence-electron chi connectivity index (χ2n) is 6.40. The number of nitrogens with one attached hydrogen (secondary N) is 2. The smallest absolute Gasteiger partial charge is 0.238 e. The number of carbonyl (C=O) groups is 1. The second kappa shape index (κ2) is 9.34. The van der Waals surface area contributed by atoms with E-state index in [1.807, 2.05) is 36.4 Å². The van der Waals surface area contributed by atoms with Crippen LogP contribution in [0.4, 0.5) is 0 Å². The van der Waals surface area contributed by atoms with Crippen LogP contribution in [0.25, 0.3) is 0 Å². The highest BCUT2D eigenvalue weighted by Crippen LogP contribution is 2.09. The van der Waals surface area contributed by atoms with Crippen LogP contribution in [0.2, 0.25) is 0 Å². The fraction of sp³-hybridized carbons (Fsp3) is 0.190. The summed E-state index contributed by atoms with van der Waals surface area (Å²) < 4.78 is 33.0. The van der Waals surface area contributed by atoms with E-state index in [9.17, 15) is 13.2 Å². The molecular weight excluding hydrogens is 376 g/mol. The van der Waals surface area contributed by atoms with Crippen LogP contribution in [0, 0.1) is 0 Å². The van der Waals surface area contributed by atoms with Crippen molar-refractivity contribution in [2.75, 3.05) is 0 Å². The van der Waals surface area contributed by atoms with E-state index in [0.29, 0.717) is 11.3 Å². The molecule has 0 spiro atoms. The summed E-state index contributed by atoms with van der Waals surface area (Å²) in [7, 11) is -3.71. The molecule has 146 valence electrons. The van der Waals surface area contributed by atoms with Crippen LogP contribution < -0.4 is 10.0 Å². The van der Waals surface area contributed by atoms with E-state index < -0.39 is 22.0 Å². The Morgan fingerprint density at radius 3 is 2.14 bits per heavy atom. The summed E-state index contributed by atoms with van der Waals surface area (Å²) >= 11 is 0. The van der Waals surface area contributed by atoms with Crippen molar-refractivity contribution >= 4 is 15.9 Å². The van der Waals surface area contributed by atoms with Gasteiger partial charge in [0, 0.05) is 0 Å². The van der Waals surface area contributed by atoms with E-state index in [2.05, 4.69) is 10.0 Å². The van der Waals surface area contributed by atoms with E-state index >= 15 is 0 Å². The summed E-state index contributed by atoms with van der Waals surface area (Å²) in [5, 5.41) is 2.73. The zero-order chi connectivity index (χ0) is 19.8. The quantitative estimate of drug-likeness (QED) is 0.580. The number of hydrogen-bond donors (Lipinski definition) is 2. The number of hydrogen-bond acceptors (Lipinski definition) is 4. The Morgan fingerprint density at radius 2 is 1.54 bits per heavy atom. The van der Waals surface area contributed by atoms with Crippen molar-refractivity contribution in [3.8, 4) is 0 Å². The number of furan rings is 1. The summed E-state index contributed by atoms with van der Waals surface area (Å²) in [6.45, 7) is 0.192. The van der Waals surface area contributed by atoms with Crippen LogP contribution in [-0.4, -0.2) is 20.4 Å².